The minimum atomic E-state index is -0.447. The Kier molecular flexibility index (Phi) is 5.88. The standard InChI is InChI=1S/C21H23ClN4O2/c1-23-19-17(11-6-12-24-19)20-25-21(28-26-20)18(14-7-5-8-15(22)13-14)27-16-9-3-2-4-10-16/h5-8,11-13,16,18H,2-4,9-10H2,1H3,(H,23,24). The highest BCUT2D eigenvalue weighted by Gasteiger charge is 2.27. The van der Waals surface area contributed by atoms with E-state index in [0.29, 0.717) is 22.6 Å². The van der Waals surface area contributed by atoms with Crippen LogP contribution >= 0.6 is 11.6 Å². The number of halogens is 1. The second kappa shape index (κ2) is 8.71. The molecule has 6 nitrogen and oxygen atoms in total. The first kappa shape index (κ1) is 18.9. The molecule has 1 saturated carbocycles. The van der Waals surface area contributed by atoms with Crippen molar-refractivity contribution in [2.45, 2.75) is 44.3 Å². The monoisotopic (exact) mass is 398 g/mol. The average molecular weight is 399 g/mol. The Morgan fingerprint density at radius 1 is 1.18 bits per heavy atom. The van der Waals surface area contributed by atoms with Crippen LogP contribution in [0.2, 0.25) is 5.02 Å². The van der Waals surface area contributed by atoms with E-state index in [-0.39, 0.29) is 6.10 Å². The first-order valence-electron chi connectivity index (χ1n) is 9.62. The summed E-state index contributed by atoms with van der Waals surface area (Å²) in [6.07, 6.45) is 7.18. The van der Waals surface area contributed by atoms with Crippen molar-refractivity contribution in [3.63, 3.8) is 0 Å². The average Bonchev–Trinajstić information content (AvgIpc) is 3.22. The lowest BCUT2D eigenvalue weighted by Gasteiger charge is -2.26. The molecule has 0 radical (unpaired) electrons. The van der Waals surface area contributed by atoms with Gasteiger partial charge in [-0.15, -0.1) is 0 Å². The minimum absolute atomic E-state index is 0.180. The van der Waals surface area contributed by atoms with E-state index in [9.17, 15) is 0 Å². The molecule has 1 aromatic carbocycles. The van der Waals surface area contributed by atoms with E-state index >= 15 is 0 Å². The number of rotatable bonds is 6. The van der Waals surface area contributed by atoms with Crippen molar-refractivity contribution in [1.82, 2.24) is 15.1 Å². The quantitative estimate of drug-likeness (QED) is 0.610. The molecule has 2 aromatic heterocycles. The van der Waals surface area contributed by atoms with Gasteiger partial charge >= 0.3 is 0 Å². The maximum Gasteiger partial charge on any atom is 0.260 e. The first-order valence-corrected chi connectivity index (χ1v) is 10.00. The molecule has 0 amide bonds. The van der Waals surface area contributed by atoms with Crippen molar-refractivity contribution >= 4 is 17.4 Å². The molecule has 0 bridgehead atoms. The number of nitrogens with one attached hydrogen (secondary N) is 1. The molecule has 1 aliphatic rings. The SMILES string of the molecule is CNc1ncccc1-c1noc(C(OC2CCCCC2)c2cccc(Cl)c2)n1. The number of aromatic nitrogens is 3. The summed E-state index contributed by atoms with van der Waals surface area (Å²) < 4.78 is 12.1. The van der Waals surface area contributed by atoms with Crippen LogP contribution in [0.15, 0.2) is 47.1 Å². The molecule has 1 aliphatic carbocycles. The molecule has 0 spiro atoms. The second-order valence-electron chi connectivity index (χ2n) is 6.94. The van der Waals surface area contributed by atoms with E-state index < -0.39 is 6.10 Å². The first-order chi connectivity index (χ1) is 13.7. The zero-order valence-electron chi connectivity index (χ0n) is 15.8. The zero-order chi connectivity index (χ0) is 19.3. The number of pyridine rings is 1. The lowest BCUT2D eigenvalue weighted by atomic mass is 9.97. The maximum absolute atomic E-state index is 6.44. The summed E-state index contributed by atoms with van der Waals surface area (Å²) in [4.78, 5) is 8.94. The van der Waals surface area contributed by atoms with Crippen molar-refractivity contribution in [3.8, 4) is 11.4 Å². The fourth-order valence-electron chi connectivity index (χ4n) is 3.58. The highest BCUT2D eigenvalue weighted by molar-refractivity contribution is 6.30. The van der Waals surface area contributed by atoms with Crippen LogP contribution in [-0.4, -0.2) is 28.3 Å². The van der Waals surface area contributed by atoms with Gasteiger partial charge in [0.1, 0.15) is 5.82 Å². The van der Waals surface area contributed by atoms with Crippen molar-refractivity contribution < 1.29 is 9.26 Å². The molecule has 3 aromatic rings. The molecule has 7 heteroatoms. The van der Waals surface area contributed by atoms with Crippen LogP contribution in [0.4, 0.5) is 5.82 Å². The molecule has 1 atom stereocenters. The van der Waals surface area contributed by atoms with Gasteiger partial charge in [0.25, 0.3) is 5.89 Å². The Morgan fingerprint density at radius 2 is 2.04 bits per heavy atom. The van der Waals surface area contributed by atoms with Crippen LogP contribution in [0.5, 0.6) is 0 Å². The third-order valence-electron chi connectivity index (χ3n) is 4.98. The summed E-state index contributed by atoms with van der Waals surface area (Å²) in [6.45, 7) is 0. The van der Waals surface area contributed by atoms with Crippen LogP contribution in [-0.2, 0) is 4.74 Å². The topological polar surface area (TPSA) is 73.1 Å². The molecule has 146 valence electrons. The fraction of sp³-hybridized carbons (Fsp3) is 0.381. The molecule has 2 heterocycles. The molecule has 1 unspecified atom stereocenters. The van der Waals surface area contributed by atoms with Gasteiger partial charge in [-0.05, 0) is 42.7 Å². The van der Waals surface area contributed by atoms with Gasteiger partial charge in [-0.25, -0.2) is 4.98 Å². The lowest BCUT2D eigenvalue weighted by molar-refractivity contribution is -0.0251. The number of nitrogens with zero attached hydrogens (tertiary/aromatic N) is 3. The van der Waals surface area contributed by atoms with Crippen LogP contribution < -0.4 is 5.32 Å². The summed E-state index contributed by atoms with van der Waals surface area (Å²) in [7, 11) is 1.81. The van der Waals surface area contributed by atoms with E-state index in [1.807, 2.05) is 43.4 Å². The van der Waals surface area contributed by atoms with Gasteiger partial charge in [0.15, 0.2) is 6.10 Å². The third kappa shape index (κ3) is 4.18. The van der Waals surface area contributed by atoms with Gasteiger partial charge in [0, 0.05) is 18.3 Å². The number of ether oxygens (including phenoxy) is 1. The van der Waals surface area contributed by atoms with E-state index in [4.69, 9.17) is 20.9 Å². The summed E-state index contributed by atoms with van der Waals surface area (Å²) >= 11 is 6.22. The van der Waals surface area contributed by atoms with Crippen molar-refractivity contribution in [2.24, 2.45) is 0 Å². The van der Waals surface area contributed by atoms with E-state index in [0.717, 1.165) is 24.0 Å². The van der Waals surface area contributed by atoms with Gasteiger partial charge in [0.05, 0.1) is 11.7 Å². The maximum atomic E-state index is 6.44. The Hall–Kier alpha value is -2.44. The Balaban J connectivity index is 1.67. The smallest absolute Gasteiger partial charge is 0.260 e. The van der Waals surface area contributed by atoms with Crippen LogP contribution in [0.3, 0.4) is 0 Å². The molecule has 0 aliphatic heterocycles. The molecule has 28 heavy (non-hydrogen) atoms. The summed E-state index contributed by atoms with van der Waals surface area (Å²) in [5, 5.41) is 7.89. The molecule has 1 N–H and O–H groups in total. The Labute approximate surface area is 169 Å². The normalized spacial score (nSPS) is 16.1. The molecule has 1 fully saturated rings. The Morgan fingerprint density at radius 3 is 2.82 bits per heavy atom. The van der Waals surface area contributed by atoms with E-state index in [2.05, 4.69) is 20.4 Å². The summed E-state index contributed by atoms with van der Waals surface area (Å²) in [6, 6.07) is 11.4. The van der Waals surface area contributed by atoms with Gasteiger partial charge in [-0.2, -0.15) is 4.98 Å². The zero-order valence-corrected chi connectivity index (χ0v) is 16.5. The second-order valence-corrected chi connectivity index (χ2v) is 7.37. The van der Waals surface area contributed by atoms with Crippen LogP contribution in [0, 0.1) is 0 Å². The molecular formula is C21H23ClN4O2. The van der Waals surface area contributed by atoms with Gasteiger partial charge in [-0.3, -0.25) is 0 Å². The van der Waals surface area contributed by atoms with Gasteiger partial charge in [0.2, 0.25) is 5.82 Å². The fourth-order valence-corrected chi connectivity index (χ4v) is 3.78. The van der Waals surface area contributed by atoms with E-state index in [1.165, 1.54) is 19.3 Å². The largest absolute Gasteiger partial charge is 0.373 e. The Bertz CT molecular complexity index is 924. The summed E-state index contributed by atoms with van der Waals surface area (Å²) in [5.41, 5.74) is 1.69. The highest BCUT2D eigenvalue weighted by Crippen LogP contribution is 2.33. The number of hydrogen-bond donors (Lipinski definition) is 1. The molecular weight excluding hydrogens is 376 g/mol. The minimum Gasteiger partial charge on any atom is -0.373 e. The van der Waals surface area contributed by atoms with Crippen molar-refractivity contribution in [1.29, 1.82) is 0 Å². The predicted molar refractivity (Wildman–Crippen MR) is 108 cm³/mol. The third-order valence-corrected chi connectivity index (χ3v) is 5.22. The predicted octanol–water partition coefficient (Wildman–Crippen LogP) is 5.27. The van der Waals surface area contributed by atoms with E-state index in [1.54, 1.807) is 6.20 Å². The summed E-state index contributed by atoms with van der Waals surface area (Å²) in [5.74, 6) is 1.60. The molecule has 0 saturated heterocycles. The van der Waals surface area contributed by atoms with Crippen LogP contribution in [0.25, 0.3) is 11.4 Å². The van der Waals surface area contributed by atoms with Crippen molar-refractivity contribution in [3.05, 3.63) is 59.1 Å². The van der Waals surface area contributed by atoms with Crippen molar-refractivity contribution in [2.75, 3.05) is 12.4 Å². The number of benzene rings is 1. The highest BCUT2D eigenvalue weighted by atomic mass is 35.5. The van der Waals surface area contributed by atoms with Gasteiger partial charge in [-0.1, -0.05) is 48.2 Å². The number of hydrogen-bond acceptors (Lipinski definition) is 6. The van der Waals surface area contributed by atoms with Gasteiger partial charge < -0.3 is 14.6 Å². The molecule has 4 rings (SSSR count). The number of anilines is 1. The van der Waals surface area contributed by atoms with Crippen LogP contribution in [0.1, 0.15) is 49.7 Å². The lowest BCUT2D eigenvalue weighted by Crippen LogP contribution is -2.20.